The van der Waals surface area contributed by atoms with Gasteiger partial charge in [-0.15, -0.1) is 0 Å². The Balaban J connectivity index is 2.76. The maximum absolute atomic E-state index is 11.2. The molecule has 0 aromatic heterocycles. The summed E-state index contributed by atoms with van der Waals surface area (Å²) in [6, 6.07) is 0. The van der Waals surface area contributed by atoms with Crippen molar-refractivity contribution in [1.82, 2.24) is 0 Å². The fraction of sp³-hybridized carbons (Fsp3) is 0.583. The van der Waals surface area contributed by atoms with Crippen LogP contribution < -0.4 is 0 Å². The Morgan fingerprint density at radius 1 is 1.23 bits per heavy atom. The molecule has 72 valence electrons. The monoisotopic (exact) mass is 178 g/mol. The van der Waals surface area contributed by atoms with E-state index in [1.807, 2.05) is 6.92 Å². The molecule has 0 saturated carbocycles. The lowest BCUT2D eigenvalue weighted by molar-refractivity contribution is -0.114. The SMILES string of the molecule is CC1=C(/C=C\C(C)(C)C)CCC1=O. The molecule has 0 aromatic rings. The van der Waals surface area contributed by atoms with Crippen molar-refractivity contribution >= 4 is 5.78 Å². The van der Waals surface area contributed by atoms with Gasteiger partial charge in [-0.05, 0) is 29.9 Å². The Hall–Kier alpha value is -0.850. The second-order valence-corrected chi connectivity index (χ2v) is 4.77. The minimum atomic E-state index is 0.207. The molecule has 0 atom stereocenters. The number of carbonyl (C=O) groups is 1. The van der Waals surface area contributed by atoms with Crippen LogP contribution in [0.3, 0.4) is 0 Å². The van der Waals surface area contributed by atoms with Crippen molar-refractivity contribution in [2.45, 2.75) is 40.5 Å². The van der Waals surface area contributed by atoms with Crippen molar-refractivity contribution < 1.29 is 4.79 Å². The molecule has 13 heavy (non-hydrogen) atoms. The van der Waals surface area contributed by atoms with Gasteiger partial charge in [0, 0.05) is 6.42 Å². The third-order valence-electron chi connectivity index (χ3n) is 2.31. The highest BCUT2D eigenvalue weighted by atomic mass is 16.1. The Labute approximate surface area is 80.5 Å². The Morgan fingerprint density at radius 2 is 1.85 bits per heavy atom. The van der Waals surface area contributed by atoms with Crippen LogP contribution in [0.1, 0.15) is 40.5 Å². The molecule has 1 nitrogen and oxygen atoms in total. The van der Waals surface area contributed by atoms with Gasteiger partial charge in [-0.25, -0.2) is 0 Å². The van der Waals surface area contributed by atoms with E-state index in [-0.39, 0.29) is 5.41 Å². The number of Topliss-reactive ketones (excluding diaryl/α,β-unsaturated/α-hetero) is 1. The highest BCUT2D eigenvalue weighted by molar-refractivity contribution is 5.98. The standard InChI is InChI=1S/C12H18O/c1-9-10(5-6-11(9)13)7-8-12(2,3)4/h7-8H,5-6H2,1-4H3/b8-7-. The highest BCUT2D eigenvalue weighted by Crippen LogP contribution is 2.25. The fourth-order valence-electron chi connectivity index (χ4n) is 1.36. The molecular weight excluding hydrogens is 160 g/mol. The van der Waals surface area contributed by atoms with Crippen LogP contribution in [-0.2, 0) is 4.79 Å². The lowest BCUT2D eigenvalue weighted by Gasteiger charge is -2.11. The average Bonchev–Trinajstić information content (AvgIpc) is 2.29. The van der Waals surface area contributed by atoms with Crippen LogP contribution in [0, 0.1) is 5.41 Å². The first-order valence-corrected chi connectivity index (χ1v) is 4.82. The molecule has 0 aromatic carbocycles. The molecule has 0 spiro atoms. The van der Waals surface area contributed by atoms with Crippen molar-refractivity contribution in [1.29, 1.82) is 0 Å². The van der Waals surface area contributed by atoms with E-state index in [4.69, 9.17) is 0 Å². The van der Waals surface area contributed by atoms with Crippen molar-refractivity contribution in [2.24, 2.45) is 5.41 Å². The molecule has 1 aliphatic rings. The van der Waals surface area contributed by atoms with Gasteiger partial charge in [-0.2, -0.15) is 0 Å². The third kappa shape index (κ3) is 2.83. The summed E-state index contributed by atoms with van der Waals surface area (Å²) in [6.07, 6.45) is 5.91. The molecule has 0 heterocycles. The molecular formula is C12H18O. The largest absolute Gasteiger partial charge is 0.295 e. The molecule has 0 aliphatic heterocycles. The van der Waals surface area contributed by atoms with Gasteiger partial charge >= 0.3 is 0 Å². The second-order valence-electron chi connectivity index (χ2n) is 4.77. The molecule has 0 bridgehead atoms. The molecule has 0 unspecified atom stereocenters. The summed E-state index contributed by atoms with van der Waals surface area (Å²) in [5.41, 5.74) is 2.39. The molecule has 0 radical (unpaired) electrons. The number of ketones is 1. The van der Waals surface area contributed by atoms with Crippen molar-refractivity contribution in [3.8, 4) is 0 Å². The van der Waals surface area contributed by atoms with E-state index < -0.39 is 0 Å². The first-order chi connectivity index (χ1) is 5.90. The van der Waals surface area contributed by atoms with Crippen molar-refractivity contribution in [3.63, 3.8) is 0 Å². The molecule has 0 amide bonds. The van der Waals surface area contributed by atoms with Crippen LogP contribution in [0.2, 0.25) is 0 Å². The van der Waals surface area contributed by atoms with Crippen LogP contribution in [0.25, 0.3) is 0 Å². The fourth-order valence-corrected chi connectivity index (χ4v) is 1.36. The summed E-state index contributed by atoms with van der Waals surface area (Å²) in [6.45, 7) is 8.42. The van der Waals surface area contributed by atoms with Gasteiger partial charge < -0.3 is 0 Å². The third-order valence-corrected chi connectivity index (χ3v) is 2.31. The zero-order valence-corrected chi connectivity index (χ0v) is 8.98. The Bertz CT molecular complexity index is 274. The summed E-state index contributed by atoms with van der Waals surface area (Å²) < 4.78 is 0. The normalized spacial score (nSPS) is 19.2. The first kappa shape index (κ1) is 10.2. The maximum atomic E-state index is 11.2. The minimum absolute atomic E-state index is 0.207. The molecule has 0 fully saturated rings. The van der Waals surface area contributed by atoms with Gasteiger partial charge in [0.05, 0.1) is 0 Å². The van der Waals surface area contributed by atoms with Crippen molar-refractivity contribution in [3.05, 3.63) is 23.3 Å². The van der Waals surface area contributed by atoms with Gasteiger partial charge in [0.25, 0.3) is 0 Å². The first-order valence-electron chi connectivity index (χ1n) is 4.82. The Morgan fingerprint density at radius 3 is 2.23 bits per heavy atom. The van der Waals surface area contributed by atoms with E-state index >= 15 is 0 Å². The molecule has 1 heteroatoms. The maximum Gasteiger partial charge on any atom is 0.159 e. The predicted octanol–water partition coefficient (Wildman–Crippen LogP) is 3.27. The van der Waals surface area contributed by atoms with E-state index in [0.717, 1.165) is 12.0 Å². The van der Waals surface area contributed by atoms with E-state index in [1.165, 1.54) is 5.57 Å². The summed E-state index contributed by atoms with van der Waals surface area (Å²) >= 11 is 0. The molecule has 0 N–H and O–H groups in total. The van der Waals surface area contributed by atoms with Gasteiger partial charge in [0.2, 0.25) is 0 Å². The van der Waals surface area contributed by atoms with E-state index in [9.17, 15) is 4.79 Å². The zero-order valence-electron chi connectivity index (χ0n) is 8.98. The Kier molecular flexibility index (Phi) is 2.74. The van der Waals surface area contributed by atoms with Crippen molar-refractivity contribution in [2.75, 3.05) is 0 Å². The van der Waals surface area contributed by atoms with Gasteiger partial charge in [0.15, 0.2) is 5.78 Å². The van der Waals surface area contributed by atoms with Crippen LogP contribution >= 0.6 is 0 Å². The van der Waals surface area contributed by atoms with Gasteiger partial charge in [-0.3, -0.25) is 4.79 Å². The molecule has 1 rings (SSSR count). The summed E-state index contributed by atoms with van der Waals surface area (Å²) in [7, 11) is 0. The average molecular weight is 178 g/mol. The lowest BCUT2D eigenvalue weighted by atomic mass is 9.95. The van der Waals surface area contributed by atoms with Crippen LogP contribution in [-0.4, -0.2) is 5.78 Å². The second kappa shape index (κ2) is 3.49. The number of hydrogen-bond donors (Lipinski definition) is 0. The van der Waals surface area contributed by atoms with Gasteiger partial charge in [0.1, 0.15) is 0 Å². The topological polar surface area (TPSA) is 17.1 Å². The summed E-state index contributed by atoms with van der Waals surface area (Å²) in [5.74, 6) is 0.313. The summed E-state index contributed by atoms with van der Waals surface area (Å²) in [5, 5.41) is 0. The van der Waals surface area contributed by atoms with Gasteiger partial charge in [-0.1, -0.05) is 32.9 Å². The quantitative estimate of drug-likeness (QED) is 0.602. The zero-order chi connectivity index (χ0) is 10.1. The lowest BCUT2D eigenvalue weighted by Crippen LogP contribution is -1.98. The number of rotatable bonds is 1. The highest BCUT2D eigenvalue weighted by Gasteiger charge is 2.17. The summed E-state index contributed by atoms with van der Waals surface area (Å²) in [4.78, 5) is 11.2. The van der Waals surface area contributed by atoms with E-state index in [2.05, 4.69) is 32.9 Å². The molecule has 1 aliphatic carbocycles. The van der Waals surface area contributed by atoms with Crippen LogP contribution in [0.4, 0.5) is 0 Å². The predicted molar refractivity (Wildman–Crippen MR) is 55.5 cm³/mol. The minimum Gasteiger partial charge on any atom is -0.295 e. The van der Waals surface area contributed by atoms with Crippen LogP contribution in [0.5, 0.6) is 0 Å². The number of hydrogen-bond acceptors (Lipinski definition) is 1. The smallest absolute Gasteiger partial charge is 0.159 e. The van der Waals surface area contributed by atoms with E-state index in [1.54, 1.807) is 0 Å². The number of allylic oxidation sites excluding steroid dienone is 4. The van der Waals surface area contributed by atoms with Crippen LogP contribution in [0.15, 0.2) is 23.3 Å². The van der Waals surface area contributed by atoms with E-state index in [0.29, 0.717) is 12.2 Å². The molecule has 0 saturated heterocycles. The number of carbonyl (C=O) groups excluding carboxylic acids is 1.